The number of likely N-dealkylation sites (tertiary alicyclic amines) is 1. The van der Waals surface area contributed by atoms with Gasteiger partial charge in [0.05, 0.1) is 14.2 Å². The van der Waals surface area contributed by atoms with Gasteiger partial charge in [0.1, 0.15) is 11.5 Å². The zero-order chi connectivity index (χ0) is 22.1. The maximum Gasteiger partial charge on any atom is 0.191 e. The smallest absolute Gasteiger partial charge is 0.191 e. The van der Waals surface area contributed by atoms with E-state index >= 15 is 0 Å². The molecule has 1 aromatic rings. The lowest BCUT2D eigenvalue weighted by Crippen LogP contribution is -2.45. The van der Waals surface area contributed by atoms with Crippen molar-refractivity contribution in [2.45, 2.75) is 51.6 Å². The molecular weight excluding hydrogens is 519 g/mol. The average molecular weight is 561 g/mol. The highest BCUT2D eigenvalue weighted by atomic mass is 127. The number of hydrogen-bond donors (Lipinski definition) is 2. The molecule has 1 saturated heterocycles. The van der Waals surface area contributed by atoms with E-state index in [4.69, 9.17) is 19.2 Å². The molecule has 32 heavy (non-hydrogen) atoms. The number of rotatable bonds is 11. The second kappa shape index (κ2) is 13.4. The molecule has 1 unspecified atom stereocenters. The second-order valence-corrected chi connectivity index (χ2v) is 8.88. The van der Waals surface area contributed by atoms with Crippen molar-refractivity contribution in [3.05, 3.63) is 23.8 Å². The Morgan fingerprint density at radius 1 is 1.16 bits per heavy atom. The first-order valence-electron chi connectivity index (χ1n) is 11.6. The van der Waals surface area contributed by atoms with Gasteiger partial charge in [0, 0.05) is 58.5 Å². The highest BCUT2D eigenvalue weighted by Crippen LogP contribution is 2.44. The van der Waals surface area contributed by atoms with Crippen molar-refractivity contribution in [1.29, 1.82) is 0 Å². The number of hydrogen-bond acceptors (Lipinski definition) is 5. The van der Waals surface area contributed by atoms with Gasteiger partial charge in [-0.3, -0.25) is 9.89 Å². The van der Waals surface area contributed by atoms with Crippen molar-refractivity contribution in [2.75, 3.05) is 54.1 Å². The highest BCUT2D eigenvalue weighted by molar-refractivity contribution is 14.0. The minimum Gasteiger partial charge on any atom is -0.497 e. The Morgan fingerprint density at radius 3 is 2.44 bits per heavy atom. The molecule has 1 saturated carbocycles. The first kappa shape index (κ1) is 27.0. The van der Waals surface area contributed by atoms with E-state index in [2.05, 4.69) is 34.6 Å². The van der Waals surface area contributed by atoms with Gasteiger partial charge >= 0.3 is 0 Å². The van der Waals surface area contributed by atoms with Gasteiger partial charge in [-0.2, -0.15) is 0 Å². The van der Waals surface area contributed by atoms with Crippen LogP contribution in [0.25, 0.3) is 0 Å². The fourth-order valence-electron chi connectivity index (χ4n) is 4.55. The zero-order valence-corrected chi connectivity index (χ0v) is 22.4. The zero-order valence-electron chi connectivity index (χ0n) is 20.1. The summed E-state index contributed by atoms with van der Waals surface area (Å²) in [7, 11) is 5.17. The van der Waals surface area contributed by atoms with Gasteiger partial charge in [-0.25, -0.2) is 0 Å². The van der Waals surface area contributed by atoms with Crippen molar-refractivity contribution in [1.82, 2.24) is 15.5 Å². The van der Waals surface area contributed by atoms with Crippen molar-refractivity contribution in [2.24, 2.45) is 10.4 Å². The third-order valence-electron chi connectivity index (χ3n) is 6.60. The Hall–Kier alpha value is -1.26. The van der Waals surface area contributed by atoms with Crippen LogP contribution < -0.4 is 20.1 Å². The summed E-state index contributed by atoms with van der Waals surface area (Å²) in [6.45, 7) is 7.65. The lowest BCUT2D eigenvalue weighted by atomic mass is 9.67. The molecule has 2 aliphatic rings. The SMILES string of the molecule is CCNC(=NCC1(CCOC)CCC1)NC1CCN(Cc2cc(OC)cc(OC)c2)C1.I. The first-order valence-corrected chi connectivity index (χ1v) is 11.6. The van der Waals surface area contributed by atoms with E-state index < -0.39 is 0 Å². The van der Waals surface area contributed by atoms with Crippen LogP contribution in [0, 0.1) is 5.41 Å². The number of halogens is 1. The molecule has 1 atom stereocenters. The summed E-state index contributed by atoms with van der Waals surface area (Å²) in [5.41, 5.74) is 1.55. The van der Waals surface area contributed by atoms with Gasteiger partial charge in [0.25, 0.3) is 0 Å². The van der Waals surface area contributed by atoms with Crippen LogP contribution >= 0.6 is 24.0 Å². The number of nitrogens with one attached hydrogen (secondary N) is 2. The molecule has 1 heterocycles. The van der Waals surface area contributed by atoms with E-state index in [1.165, 1.54) is 24.8 Å². The summed E-state index contributed by atoms with van der Waals surface area (Å²) >= 11 is 0. The third-order valence-corrected chi connectivity index (χ3v) is 6.60. The normalized spacial score (nSPS) is 20.2. The van der Waals surface area contributed by atoms with Crippen LogP contribution in [0.15, 0.2) is 23.2 Å². The summed E-state index contributed by atoms with van der Waals surface area (Å²) in [6, 6.07) is 6.50. The molecular formula is C24H41IN4O3. The minimum absolute atomic E-state index is 0. The van der Waals surface area contributed by atoms with Crippen LogP contribution in [-0.2, 0) is 11.3 Å². The summed E-state index contributed by atoms with van der Waals surface area (Å²) < 4.78 is 16.1. The Balaban J connectivity index is 0.00000363. The van der Waals surface area contributed by atoms with Crippen LogP contribution in [0.3, 0.4) is 0 Å². The summed E-state index contributed by atoms with van der Waals surface area (Å²) in [5.74, 6) is 2.62. The monoisotopic (exact) mass is 560 g/mol. The minimum atomic E-state index is 0. The van der Waals surface area contributed by atoms with E-state index in [0.29, 0.717) is 11.5 Å². The van der Waals surface area contributed by atoms with E-state index in [1.807, 2.05) is 6.07 Å². The van der Waals surface area contributed by atoms with E-state index in [0.717, 1.165) is 69.6 Å². The number of guanidine groups is 1. The summed E-state index contributed by atoms with van der Waals surface area (Å²) in [4.78, 5) is 7.44. The van der Waals surface area contributed by atoms with Gasteiger partial charge in [0.2, 0.25) is 0 Å². The molecule has 8 heteroatoms. The molecule has 0 bridgehead atoms. The molecule has 0 aromatic heterocycles. The third kappa shape index (κ3) is 7.66. The Morgan fingerprint density at radius 2 is 1.88 bits per heavy atom. The predicted molar refractivity (Wildman–Crippen MR) is 141 cm³/mol. The van der Waals surface area contributed by atoms with Crippen molar-refractivity contribution >= 4 is 29.9 Å². The average Bonchev–Trinajstić information content (AvgIpc) is 3.19. The number of ether oxygens (including phenoxy) is 3. The van der Waals surface area contributed by atoms with Crippen LogP contribution in [0.2, 0.25) is 0 Å². The highest BCUT2D eigenvalue weighted by Gasteiger charge is 2.36. The molecule has 7 nitrogen and oxygen atoms in total. The van der Waals surface area contributed by atoms with E-state index in [9.17, 15) is 0 Å². The van der Waals surface area contributed by atoms with Gasteiger partial charge < -0.3 is 24.8 Å². The standard InChI is InChI=1S/C24H40N4O3.HI/c1-5-25-23(26-18-24(8-6-9-24)10-12-29-2)27-20-7-11-28(17-20)16-19-13-21(30-3)15-22(14-19)31-4;/h13-15,20H,5-12,16-18H2,1-4H3,(H2,25,26,27);1H. The van der Waals surface area contributed by atoms with Gasteiger partial charge in [-0.15, -0.1) is 24.0 Å². The summed E-state index contributed by atoms with van der Waals surface area (Å²) in [6.07, 6.45) is 6.06. The van der Waals surface area contributed by atoms with Crippen LogP contribution in [0.1, 0.15) is 44.6 Å². The maximum absolute atomic E-state index is 5.41. The van der Waals surface area contributed by atoms with Crippen molar-refractivity contribution in [3.63, 3.8) is 0 Å². The van der Waals surface area contributed by atoms with Crippen LogP contribution in [-0.4, -0.2) is 71.0 Å². The lowest BCUT2D eigenvalue weighted by Gasteiger charge is -2.41. The Kier molecular flexibility index (Phi) is 11.3. The second-order valence-electron chi connectivity index (χ2n) is 8.88. The maximum atomic E-state index is 5.41. The van der Waals surface area contributed by atoms with E-state index in [-0.39, 0.29) is 24.0 Å². The molecule has 3 rings (SSSR count). The number of methoxy groups -OCH3 is 3. The van der Waals surface area contributed by atoms with Crippen LogP contribution in [0.4, 0.5) is 0 Å². The number of nitrogens with zero attached hydrogens (tertiary/aromatic N) is 2. The molecule has 182 valence electrons. The summed E-state index contributed by atoms with van der Waals surface area (Å²) in [5, 5.41) is 7.11. The number of benzene rings is 1. The molecule has 2 fully saturated rings. The molecule has 0 amide bonds. The fraction of sp³-hybridized carbons (Fsp3) is 0.708. The molecule has 1 aliphatic carbocycles. The van der Waals surface area contributed by atoms with Gasteiger partial charge in [-0.1, -0.05) is 6.42 Å². The van der Waals surface area contributed by atoms with Crippen molar-refractivity contribution in [3.8, 4) is 11.5 Å². The Labute approximate surface area is 210 Å². The lowest BCUT2D eigenvalue weighted by molar-refractivity contribution is 0.0778. The quantitative estimate of drug-likeness (QED) is 0.245. The largest absolute Gasteiger partial charge is 0.497 e. The molecule has 0 radical (unpaired) electrons. The van der Waals surface area contributed by atoms with Gasteiger partial charge in [0.15, 0.2) is 5.96 Å². The molecule has 0 spiro atoms. The predicted octanol–water partition coefficient (Wildman–Crippen LogP) is 3.66. The van der Waals surface area contributed by atoms with Gasteiger partial charge in [-0.05, 0) is 55.7 Å². The molecule has 1 aromatic carbocycles. The number of aliphatic imine (C=N–C) groups is 1. The molecule has 2 N–H and O–H groups in total. The fourth-order valence-corrected chi connectivity index (χ4v) is 4.55. The first-order chi connectivity index (χ1) is 15.1. The molecule has 1 aliphatic heterocycles. The van der Waals surface area contributed by atoms with Crippen LogP contribution in [0.5, 0.6) is 11.5 Å². The van der Waals surface area contributed by atoms with Crippen molar-refractivity contribution < 1.29 is 14.2 Å². The Bertz CT molecular complexity index is 705. The topological polar surface area (TPSA) is 67.4 Å². The van der Waals surface area contributed by atoms with E-state index in [1.54, 1.807) is 21.3 Å².